The zero-order chi connectivity index (χ0) is 42.8. The highest BCUT2D eigenvalue weighted by Gasteiger charge is 2.27. The molecule has 0 spiro atoms. The van der Waals surface area contributed by atoms with Gasteiger partial charge in [-0.25, -0.2) is 4.57 Å². The van der Waals surface area contributed by atoms with Gasteiger partial charge in [0.2, 0.25) is 0 Å². The quantitative estimate of drug-likeness (QED) is 0.0153. The van der Waals surface area contributed by atoms with Crippen molar-refractivity contribution in [2.24, 2.45) is 0 Å². The van der Waals surface area contributed by atoms with Crippen LogP contribution in [0.4, 0.5) is 0 Å². The van der Waals surface area contributed by atoms with E-state index in [1.807, 2.05) is 18.2 Å². The predicted molar refractivity (Wildman–Crippen MR) is 234 cm³/mol. The molecule has 12 heteroatoms. The molecule has 0 saturated carbocycles. The zero-order valence-corrected chi connectivity index (χ0v) is 36.5. The number of aliphatic hydroxyl groups excluding tert-OH is 3. The van der Waals surface area contributed by atoms with Crippen LogP contribution in [0.25, 0.3) is 0 Å². The predicted octanol–water partition coefficient (Wildman–Crippen LogP) is 10.4. The summed E-state index contributed by atoms with van der Waals surface area (Å²) in [5.41, 5.74) is 0. The number of phosphoric acid groups is 1. The van der Waals surface area contributed by atoms with Gasteiger partial charge in [0, 0.05) is 12.8 Å². The van der Waals surface area contributed by atoms with Crippen LogP contribution in [-0.2, 0) is 32.7 Å². The van der Waals surface area contributed by atoms with Crippen LogP contribution < -0.4 is 0 Å². The molecule has 0 aliphatic heterocycles. The Morgan fingerprint density at radius 3 is 1.78 bits per heavy atom. The van der Waals surface area contributed by atoms with Gasteiger partial charge < -0.3 is 29.7 Å². The molecular formula is C46H77O11P. The molecular weight excluding hydrogens is 759 g/mol. The molecule has 0 amide bonds. The minimum atomic E-state index is -4.66. The van der Waals surface area contributed by atoms with Gasteiger partial charge in [0.15, 0.2) is 6.10 Å². The van der Waals surface area contributed by atoms with Crippen LogP contribution in [0.1, 0.15) is 149 Å². The van der Waals surface area contributed by atoms with Crippen LogP contribution in [0.15, 0.2) is 85.1 Å². The van der Waals surface area contributed by atoms with Gasteiger partial charge in [0.1, 0.15) is 12.7 Å². The molecule has 0 heterocycles. The highest BCUT2D eigenvalue weighted by molar-refractivity contribution is 7.47. The molecule has 0 saturated heterocycles. The van der Waals surface area contributed by atoms with Gasteiger partial charge in [-0.15, -0.1) is 0 Å². The summed E-state index contributed by atoms with van der Waals surface area (Å²) in [6.07, 6.45) is 44.2. The monoisotopic (exact) mass is 837 g/mol. The Morgan fingerprint density at radius 1 is 0.603 bits per heavy atom. The zero-order valence-electron chi connectivity index (χ0n) is 35.6. The van der Waals surface area contributed by atoms with Crippen molar-refractivity contribution in [2.75, 3.05) is 26.4 Å². The SMILES string of the molecule is CC/C=C/C/C=C/C=C/C(O)CCCCCCCC(=O)OC[C@H](COP(=O)(O)OC[C@@H](O)CO)OC(=O)CCCCC/C=C\C/C=C\C/C=C\C/C=C\CCCCC. The normalized spacial score (nSPS) is 15.2. The summed E-state index contributed by atoms with van der Waals surface area (Å²) in [5.74, 6) is -1.05. The Labute approximate surface area is 350 Å². The fraction of sp³-hybridized carbons (Fsp3) is 0.652. The summed E-state index contributed by atoms with van der Waals surface area (Å²) in [6.45, 7) is 2.05. The molecule has 0 aliphatic rings. The fourth-order valence-electron chi connectivity index (χ4n) is 5.28. The van der Waals surface area contributed by atoms with Crippen molar-refractivity contribution in [1.29, 1.82) is 0 Å². The maximum Gasteiger partial charge on any atom is 0.472 e. The van der Waals surface area contributed by atoms with Crippen molar-refractivity contribution in [3.05, 3.63) is 85.1 Å². The first-order valence-electron chi connectivity index (χ1n) is 21.7. The van der Waals surface area contributed by atoms with E-state index in [9.17, 15) is 29.3 Å². The number of unbranched alkanes of at least 4 members (excludes halogenated alkanes) is 10. The molecule has 0 rings (SSSR count). The van der Waals surface area contributed by atoms with Gasteiger partial charge in [0.05, 0.1) is 25.9 Å². The third-order valence-electron chi connectivity index (χ3n) is 8.64. The second-order valence-corrected chi connectivity index (χ2v) is 15.6. The van der Waals surface area contributed by atoms with Crippen LogP contribution in [0, 0.1) is 0 Å². The summed E-state index contributed by atoms with van der Waals surface area (Å²) in [6, 6.07) is 0. The molecule has 0 aliphatic carbocycles. The summed E-state index contributed by atoms with van der Waals surface area (Å²) >= 11 is 0. The van der Waals surface area contributed by atoms with E-state index in [0.29, 0.717) is 19.3 Å². The van der Waals surface area contributed by atoms with E-state index >= 15 is 0 Å². The first-order valence-corrected chi connectivity index (χ1v) is 23.1. The number of carbonyl (C=O) groups is 2. The third-order valence-corrected chi connectivity index (χ3v) is 9.59. The van der Waals surface area contributed by atoms with Gasteiger partial charge in [-0.1, -0.05) is 144 Å². The summed E-state index contributed by atoms with van der Waals surface area (Å²) in [7, 11) is -4.66. The second-order valence-electron chi connectivity index (χ2n) is 14.2. The molecule has 4 N–H and O–H groups in total. The van der Waals surface area contributed by atoms with Crippen LogP contribution in [0.2, 0.25) is 0 Å². The molecule has 0 fully saturated rings. The van der Waals surface area contributed by atoms with Crippen molar-refractivity contribution in [2.45, 2.75) is 167 Å². The topological polar surface area (TPSA) is 169 Å². The van der Waals surface area contributed by atoms with Crippen LogP contribution in [0.5, 0.6) is 0 Å². The largest absolute Gasteiger partial charge is 0.472 e. The van der Waals surface area contributed by atoms with E-state index in [4.69, 9.17) is 19.1 Å². The Hall–Kier alpha value is -2.89. The van der Waals surface area contributed by atoms with E-state index in [2.05, 4.69) is 79.1 Å². The first-order chi connectivity index (χ1) is 28.1. The lowest BCUT2D eigenvalue weighted by atomic mass is 10.1. The molecule has 0 aromatic heterocycles. The van der Waals surface area contributed by atoms with Crippen molar-refractivity contribution in [3.8, 4) is 0 Å². The van der Waals surface area contributed by atoms with E-state index in [-0.39, 0.29) is 19.4 Å². The Kier molecular flexibility index (Phi) is 38.8. The molecule has 0 aromatic carbocycles. The Balaban J connectivity index is 4.47. The van der Waals surface area contributed by atoms with Gasteiger partial charge in [0.25, 0.3) is 0 Å². The van der Waals surface area contributed by atoms with E-state index in [0.717, 1.165) is 77.0 Å². The van der Waals surface area contributed by atoms with E-state index in [1.165, 1.54) is 25.7 Å². The number of carbonyl (C=O) groups excluding carboxylic acids is 2. The maximum atomic E-state index is 12.6. The molecule has 2 unspecified atom stereocenters. The lowest BCUT2D eigenvalue weighted by Crippen LogP contribution is -2.29. The highest BCUT2D eigenvalue weighted by Crippen LogP contribution is 2.43. The lowest BCUT2D eigenvalue weighted by molar-refractivity contribution is -0.161. The number of hydrogen-bond donors (Lipinski definition) is 4. The van der Waals surface area contributed by atoms with Crippen LogP contribution in [-0.4, -0.2) is 76.9 Å². The number of rotatable bonds is 39. The van der Waals surface area contributed by atoms with Crippen molar-refractivity contribution in [1.82, 2.24) is 0 Å². The Bertz CT molecular complexity index is 1250. The fourth-order valence-corrected chi connectivity index (χ4v) is 6.07. The van der Waals surface area contributed by atoms with Crippen LogP contribution >= 0.6 is 7.82 Å². The minimum absolute atomic E-state index is 0.121. The van der Waals surface area contributed by atoms with Crippen LogP contribution in [0.3, 0.4) is 0 Å². The maximum absolute atomic E-state index is 12.6. The number of aliphatic hydroxyl groups is 3. The number of ether oxygens (including phenoxy) is 2. The van der Waals surface area contributed by atoms with Gasteiger partial charge in [-0.3, -0.25) is 18.6 Å². The molecule has 4 atom stereocenters. The molecule has 0 bridgehead atoms. The number of allylic oxidation sites excluding steroid dienone is 13. The standard InChI is InChI=1S/C46H77O11P/c1-3-5-7-9-11-12-13-14-15-16-17-18-19-20-21-22-24-28-33-37-46(51)57-44(41-56-58(52,53)55-39-43(49)38-47)40-54-45(50)36-32-29-25-27-31-35-42(48)34-30-26-23-10-8-6-4-2/h6,8,11-12,14-15,17-18,20-21,23,26,30,34,42-44,47-49H,3-5,7,9-10,13,16,19,22,24-25,27-29,31-33,35-41H2,1-2H3,(H,52,53)/b8-6+,12-11-,15-14-,18-17-,21-20-,26-23+,34-30+/t42?,43-,44+/m0/s1. The molecule has 332 valence electrons. The minimum Gasteiger partial charge on any atom is -0.462 e. The molecule has 11 nitrogen and oxygen atoms in total. The highest BCUT2D eigenvalue weighted by atomic mass is 31.2. The first kappa shape index (κ1) is 55.1. The summed E-state index contributed by atoms with van der Waals surface area (Å²) in [5, 5.41) is 28.4. The molecule has 0 aromatic rings. The van der Waals surface area contributed by atoms with Gasteiger partial charge >= 0.3 is 19.8 Å². The van der Waals surface area contributed by atoms with Crippen molar-refractivity contribution < 1.29 is 52.9 Å². The number of phosphoric ester groups is 1. The molecule has 0 radical (unpaired) electrons. The van der Waals surface area contributed by atoms with Crippen molar-refractivity contribution >= 4 is 19.8 Å². The van der Waals surface area contributed by atoms with E-state index in [1.54, 1.807) is 6.08 Å². The summed E-state index contributed by atoms with van der Waals surface area (Å²) < 4.78 is 32.6. The average Bonchev–Trinajstić information content (AvgIpc) is 3.21. The smallest absolute Gasteiger partial charge is 0.462 e. The average molecular weight is 837 g/mol. The second kappa shape index (κ2) is 40.9. The molecule has 58 heavy (non-hydrogen) atoms. The van der Waals surface area contributed by atoms with E-state index < -0.39 is 57.9 Å². The third kappa shape index (κ3) is 39.9. The summed E-state index contributed by atoms with van der Waals surface area (Å²) in [4.78, 5) is 35.0. The number of hydrogen-bond acceptors (Lipinski definition) is 10. The van der Waals surface area contributed by atoms with Crippen molar-refractivity contribution in [3.63, 3.8) is 0 Å². The Morgan fingerprint density at radius 2 is 1.14 bits per heavy atom. The van der Waals surface area contributed by atoms with Gasteiger partial charge in [-0.05, 0) is 77.0 Å². The van der Waals surface area contributed by atoms with Gasteiger partial charge in [-0.2, -0.15) is 0 Å². The lowest BCUT2D eigenvalue weighted by Gasteiger charge is -2.20. The number of esters is 2.